The molecule has 0 N–H and O–H groups in total. The van der Waals surface area contributed by atoms with Crippen LogP contribution >= 0.6 is 0 Å². The minimum absolute atomic E-state index is 0.0589. The fourth-order valence-electron chi connectivity index (χ4n) is 5.57. The minimum Gasteiger partial charge on any atom is -0.490 e. The van der Waals surface area contributed by atoms with Crippen LogP contribution < -0.4 is 4.74 Å². The third kappa shape index (κ3) is 10.0. The molecule has 0 heterocycles. The van der Waals surface area contributed by atoms with E-state index in [4.69, 9.17) is 4.74 Å². The zero-order chi connectivity index (χ0) is 24.1. The quantitative estimate of drug-likeness (QED) is 0.317. The molecule has 180 valence electrons. The van der Waals surface area contributed by atoms with Gasteiger partial charge >= 0.3 is 0 Å². The highest BCUT2D eigenvalue weighted by atomic mass is 16.5. The van der Waals surface area contributed by atoms with E-state index in [1.807, 2.05) is 0 Å². The molecule has 0 bridgehead atoms. The van der Waals surface area contributed by atoms with E-state index in [0.29, 0.717) is 5.41 Å². The van der Waals surface area contributed by atoms with Gasteiger partial charge in [-0.05, 0) is 65.9 Å². The number of benzene rings is 1. The molecule has 0 radical (unpaired) electrons. The van der Waals surface area contributed by atoms with Crippen LogP contribution in [-0.2, 0) is 10.8 Å². The lowest BCUT2D eigenvalue weighted by Gasteiger charge is -2.37. The third-order valence-corrected chi connectivity index (χ3v) is 6.23. The molecule has 0 aromatic heterocycles. The molecular formula is C30H54O. The molecule has 31 heavy (non-hydrogen) atoms. The molecule has 1 aromatic rings. The first-order valence-corrected chi connectivity index (χ1v) is 12.8. The lowest BCUT2D eigenvalue weighted by Crippen LogP contribution is -2.29. The molecule has 0 amide bonds. The lowest BCUT2D eigenvalue weighted by atomic mass is 9.68. The minimum atomic E-state index is 0.0589. The largest absolute Gasteiger partial charge is 0.490 e. The van der Waals surface area contributed by atoms with Crippen molar-refractivity contribution in [2.45, 2.75) is 145 Å². The summed E-state index contributed by atoms with van der Waals surface area (Å²) in [5, 5.41) is 0. The Hall–Kier alpha value is -0.980. The van der Waals surface area contributed by atoms with Gasteiger partial charge in [-0.15, -0.1) is 0 Å². The molecule has 0 aliphatic carbocycles. The zero-order valence-corrected chi connectivity index (χ0v) is 23.2. The first kappa shape index (κ1) is 28.1. The molecule has 1 nitrogen and oxygen atoms in total. The van der Waals surface area contributed by atoms with Gasteiger partial charge in [-0.1, -0.05) is 108 Å². The van der Waals surface area contributed by atoms with E-state index in [2.05, 4.69) is 101 Å². The summed E-state index contributed by atoms with van der Waals surface area (Å²) in [4.78, 5) is 0. The summed E-state index contributed by atoms with van der Waals surface area (Å²) >= 11 is 0. The average molecular weight is 431 g/mol. The Morgan fingerprint density at radius 3 is 1.81 bits per heavy atom. The van der Waals surface area contributed by atoms with E-state index in [0.717, 1.165) is 25.0 Å². The second kappa shape index (κ2) is 10.8. The summed E-state index contributed by atoms with van der Waals surface area (Å²) in [6, 6.07) is 7.06. The predicted molar refractivity (Wildman–Crippen MR) is 139 cm³/mol. The monoisotopic (exact) mass is 430 g/mol. The van der Waals surface area contributed by atoms with E-state index in [1.165, 1.54) is 36.8 Å². The Kier molecular flexibility index (Phi) is 9.74. The van der Waals surface area contributed by atoms with Crippen molar-refractivity contribution in [3.8, 4) is 5.75 Å². The summed E-state index contributed by atoms with van der Waals surface area (Å²) in [5.41, 5.74) is 3.57. The predicted octanol–water partition coefficient (Wildman–Crippen LogP) is 9.85. The van der Waals surface area contributed by atoms with Gasteiger partial charge in [0.15, 0.2) is 0 Å². The van der Waals surface area contributed by atoms with Gasteiger partial charge in [0.25, 0.3) is 0 Å². The lowest BCUT2D eigenvalue weighted by molar-refractivity contribution is 0.196. The van der Waals surface area contributed by atoms with Crippen LogP contribution in [0.15, 0.2) is 18.2 Å². The van der Waals surface area contributed by atoms with E-state index >= 15 is 0 Å². The van der Waals surface area contributed by atoms with Crippen LogP contribution in [0.3, 0.4) is 0 Å². The van der Waals surface area contributed by atoms with E-state index < -0.39 is 0 Å². The van der Waals surface area contributed by atoms with Gasteiger partial charge in [-0.2, -0.15) is 0 Å². The maximum atomic E-state index is 6.60. The molecule has 1 unspecified atom stereocenters. The van der Waals surface area contributed by atoms with Crippen LogP contribution in [0.4, 0.5) is 0 Å². The number of unbranched alkanes of at least 4 members (excludes halogenated alkanes) is 3. The highest BCUT2D eigenvalue weighted by Gasteiger charge is 2.33. The SMILES string of the molecule is CCCCCCC(C)Oc1ccc(C(C)(C)CC(C)(C)C)cc1C(C)(C)CC(C)(C)C. The van der Waals surface area contributed by atoms with Crippen molar-refractivity contribution in [3.63, 3.8) is 0 Å². The molecule has 0 fully saturated rings. The molecule has 1 aromatic carbocycles. The molecule has 1 heteroatoms. The van der Waals surface area contributed by atoms with Crippen LogP contribution in [0.5, 0.6) is 5.75 Å². The fourth-order valence-corrected chi connectivity index (χ4v) is 5.57. The van der Waals surface area contributed by atoms with Crippen molar-refractivity contribution in [1.29, 1.82) is 0 Å². The van der Waals surface area contributed by atoms with E-state index in [9.17, 15) is 0 Å². The molecule has 1 atom stereocenters. The van der Waals surface area contributed by atoms with Gasteiger partial charge in [0.05, 0.1) is 6.10 Å². The molecule has 0 spiro atoms. The molecular weight excluding hydrogens is 376 g/mol. The number of hydrogen-bond donors (Lipinski definition) is 0. The van der Waals surface area contributed by atoms with Gasteiger partial charge < -0.3 is 4.74 Å². The van der Waals surface area contributed by atoms with E-state index in [1.54, 1.807) is 0 Å². The average Bonchev–Trinajstić information content (AvgIpc) is 2.54. The topological polar surface area (TPSA) is 9.23 Å². The van der Waals surface area contributed by atoms with Crippen LogP contribution in [0.1, 0.15) is 139 Å². The van der Waals surface area contributed by atoms with Gasteiger partial charge in [-0.25, -0.2) is 0 Å². The third-order valence-electron chi connectivity index (χ3n) is 6.23. The van der Waals surface area contributed by atoms with Gasteiger partial charge in [-0.3, -0.25) is 0 Å². The highest BCUT2D eigenvalue weighted by molar-refractivity contribution is 5.44. The van der Waals surface area contributed by atoms with Crippen LogP contribution in [0, 0.1) is 10.8 Å². The van der Waals surface area contributed by atoms with Crippen LogP contribution in [-0.4, -0.2) is 6.10 Å². The van der Waals surface area contributed by atoms with Gasteiger partial charge in [0.2, 0.25) is 0 Å². The summed E-state index contributed by atoms with van der Waals surface area (Å²) in [7, 11) is 0. The van der Waals surface area contributed by atoms with Crippen LogP contribution in [0.2, 0.25) is 0 Å². The summed E-state index contributed by atoms with van der Waals surface area (Å²) in [6.07, 6.45) is 8.86. The Morgan fingerprint density at radius 1 is 0.742 bits per heavy atom. The number of ether oxygens (including phenoxy) is 1. The summed E-state index contributed by atoms with van der Waals surface area (Å²) < 4.78 is 6.60. The van der Waals surface area contributed by atoms with Gasteiger partial charge in [0, 0.05) is 5.56 Å². The molecule has 0 aliphatic heterocycles. The van der Waals surface area contributed by atoms with Crippen LogP contribution in [0.25, 0.3) is 0 Å². The van der Waals surface area contributed by atoms with Crippen molar-refractivity contribution >= 4 is 0 Å². The van der Waals surface area contributed by atoms with Crippen molar-refractivity contribution < 1.29 is 4.74 Å². The Morgan fingerprint density at radius 2 is 1.29 bits per heavy atom. The van der Waals surface area contributed by atoms with Gasteiger partial charge in [0.1, 0.15) is 5.75 Å². The maximum absolute atomic E-state index is 6.60. The van der Waals surface area contributed by atoms with E-state index in [-0.39, 0.29) is 22.3 Å². The maximum Gasteiger partial charge on any atom is 0.123 e. The second-order valence-electron chi connectivity index (χ2n) is 13.7. The van der Waals surface area contributed by atoms with Crippen molar-refractivity contribution in [2.75, 3.05) is 0 Å². The fraction of sp³-hybridized carbons (Fsp3) is 0.800. The number of hydrogen-bond acceptors (Lipinski definition) is 1. The Bertz CT molecular complexity index is 667. The Balaban J connectivity index is 3.28. The first-order chi connectivity index (χ1) is 14.0. The second-order valence-corrected chi connectivity index (χ2v) is 13.7. The zero-order valence-electron chi connectivity index (χ0n) is 23.2. The first-order valence-electron chi connectivity index (χ1n) is 12.8. The molecule has 0 aliphatic rings. The normalized spacial score (nSPS) is 14.6. The smallest absolute Gasteiger partial charge is 0.123 e. The summed E-state index contributed by atoms with van der Waals surface area (Å²) in [5.74, 6) is 1.09. The Labute approximate surface area is 195 Å². The highest BCUT2D eigenvalue weighted by Crippen LogP contribution is 2.44. The van der Waals surface area contributed by atoms with Crippen molar-refractivity contribution in [2.24, 2.45) is 10.8 Å². The number of rotatable bonds is 11. The molecule has 0 saturated heterocycles. The standard InChI is InChI=1S/C30H54O/c1-13-14-15-16-17-23(2)31-26-19-18-24(29(9,10)21-27(3,4)5)20-25(26)30(11,12)22-28(6,7)8/h18-20,23H,13-17,21-22H2,1-12H3. The molecule has 1 rings (SSSR count). The summed E-state index contributed by atoms with van der Waals surface area (Å²) in [6.45, 7) is 28.2. The van der Waals surface area contributed by atoms with Crippen molar-refractivity contribution in [3.05, 3.63) is 29.3 Å². The molecule has 0 saturated carbocycles. The van der Waals surface area contributed by atoms with Crippen molar-refractivity contribution in [1.82, 2.24) is 0 Å².